The second-order valence-electron chi connectivity index (χ2n) is 6.07. The Morgan fingerprint density at radius 3 is 2.36 bits per heavy atom. The van der Waals surface area contributed by atoms with Gasteiger partial charge in [-0.3, -0.25) is 4.79 Å². The first-order chi connectivity index (χ1) is 13.0. The molecule has 0 radical (unpaired) electrons. The highest BCUT2D eigenvalue weighted by Crippen LogP contribution is 2.36. The summed E-state index contributed by atoms with van der Waals surface area (Å²) in [5, 5.41) is 1.99. The molecule has 2 aromatic carbocycles. The van der Waals surface area contributed by atoms with Crippen LogP contribution < -0.4 is 5.32 Å². The van der Waals surface area contributed by atoms with Gasteiger partial charge in [0.2, 0.25) is 15.9 Å². The first-order valence-electron chi connectivity index (χ1n) is 8.12. The van der Waals surface area contributed by atoms with Crippen molar-refractivity contribution >= 4 is 33.2 Å². The Balaban J connectivity index is 2.12. The van der Waals surface area contributed by atoms with Gasteiger partial charge in [0.15, 0.2) is 0 Å². The molecular weight excluding hydrogens is 417 g/mol. The van der Waals surface area contributed by atoms with Gasteiger partial charge < -0.3 is 5.32 Å². The minimum absolute atomic E-state index is 0.0169. The second-order valence-corrected chi connectivity index (χ2v) is 8.49. The third-order valence-corrected chi connectivity index (χ3v) is 5.33. The summed E-state index contributed by atoms with van der Waals surface area (Å²) in [5.74, 6) is -0.883. The van der Waals surface area contributed by atoms with E-state index >= 15 is 0 Å². The highest BCUT2D eigenvalue weighted by molar-refractivity contribution is 7.88. The zero-order valence-electron chi connectivity index (χ0n) is 14.8. The molecule has 0 saturated carbocycles. The van der Waals surface area contributed by atoms with Gasteiger partial charge >= 0.3 is 6.18 Å². The zero-order valence-corrected chi connectivity index (χ0v) is 16.4. The molecule has 0 aliphatic carbocycles. The Kier molecular flexibility index (Phi) is 7.08. The lowest BCUT2D eigenvalue weighted by molar-refractivity contribution is -0.137. The fraction of sp³-hybridized carbons (Fsp3) is 0.278. The van der Waals surface area contributed by atoms with Gasteiger partial charge in [-0.05, 0) is 30.2 Å². The molecule has 0 spiro atoms. The van der Waals surface area contributed by atoms with Crippen LogP contribution in [0.25, 0.3) is 0 Å². The van der Waals surface area contributed by atoms with E-state index in [0.29, 0.717) is 12.5 Å². The third kappa shape index (κ3) is 6.50. The number of nitrogens with zero attached hydrogens (tertiary/aromatic N) is 1. The number of carbonyl (C=O) groups excluding carboxylic acids is 1. The lowest BCUT2D eigenvalue weighted by Gasteiger charge is -2.20. The number of hydrogen-bond donors (Lipinski definition) is 1. The van der Waals surface area contributed by atoms with Crippen LogP contribution in [0.5, 0.6) is 0 Å². The number of amides is 1. The minimum Gasteiger partial charge on any atom is -0.324 e. The Morgan fingerprint density at radius 2 is 1.79 bits per heavy atom. The van der Waals surface area contributed by atoms with Crippen LogP contribution in [0.4, 0.5) is 18.9 Å². The van der Waals surface area contributed by atoms with Crippen LogP contribution in [0.1, 0.15) is 11.1 Å². The predicted octanol–water partition coefficient (Wildman–Crippen LogP) is 3.80. The maximum atomic E-state index is 13.1. The Morgan fingerprint density at radius 1 is 1.14 bits per heavy atom. The molecule has 0 atom stereocenters. The van der Waals surface area contributed by atoms with Gasteiger partial charge in [0.05, 0.1) is 24.1 Å². The van der Waals surface area contributed by atoms with Crippen LogP contribution >= 0.6 is 11.6 Å². The quantitative estimate of drug-likeness (QED) is 0.720. The van der Waals surface area contributed by atoms with Crippen molar-refractivity contribution in [1.29, 1.82) is 0 Å². The summed E-state index contributed by atoms with van der Waals surface area (Å²) in [5.41, 5.74) is -0.726. The monoisotopic (exact) mass is 434 g/mol. The van der Waals surface area contributed by atoms with Crippen molar-refractivity contribution < 1.29 is 26.4 Å². The largest absolute Gasteiger partial charge is 0.418 e. The standard InChI is InChI=1S/C18H18ClF3N2O3S/c1-28(26,27)24(10-9-13-5-3-2-4-6-13)12-17(25)23-16-8-7-14(19)11-15(16)18(20,21)22/h2-8,11H,9-10,12H2,1H3,(H,23,25). The number of carbonyl (C=O) groups is 1. The van der Waals surface area contributed by atoms with E-state index in [9.17, 15) is 26.4 Å². The van der Waals surface area contributed by atoms with Gasteiger partial charge in [-0.1, -0.05) is 41.9 Å². The molecule has 0 fully saturated rings. The molecule has 2 aromatic rings. The van der Waals surface area contributed by atoms with Crippen LogP contribution in [-0.4, -0.2) is 38.0 Å². The smallest absolute Gasteiger partial charge is 0.324 e. The molecule has 0 bridgehead atoms. The molecule has 0 saturated heterocycles. The zero-order chi connectivity index (χ0) is 20.9. The summed E-state index contributed by atoms with van der Waals surface area (Å²) in [6, 6.07) is 12.0. The SMILES string of the molecule is CS(=O)(=O)N(CCc1ccccc1)CC(=O)Nc1ccc(Cl)cc1C(F)(F)F. The fourth-order valence-corrected chi connectivity index (χ4v) is 3.42. The van der Waals surface area contributed by atoms with Crippen LogP contribution in [-0.2, 0) is 27.4 Å². The maximum absolute atomic E-state index is 13.1. The topological polar surface area (TPSA) is 66.5 Å². The van der Waals surface area contributed by atoms with Crippen molar-refractivity contribution in [1.82, 2.24) is 4.31 Å². The van der Waals surface area contributed by atoms with Crippen molar-refractivity contribution in [3.05, 3.63) is 64.7 Å². The van der Waals surface area contributed by atoms with Gasteiger partial charge in [-0.2, -0.15) is 17.5 Å². The minimum atomic E-state index is -4.72. The summed E-state index contributed by atoms with van der Waals surface area (Å²) in [4.78, 5) is 12.2. The van der Waals surface area contributed by atoms with Gasteiger partial charge in [0.25, 0.3) is 0 Å². The Hall–Kier alpha value is -2.10. The van der Waals surface area contributed by atoms with E-state index in [-0.39, 0.29) is 11.6 Å². The number of benzene rings is 2. The number of hydrogen-bond acceptors (Lipinski definition) is 3. The van der Waals surface area contributed by atoms with E-state index in [0.717, 1.165) is 22.2 Å². The summed E-state index contributed by atoms with van der Waals surface area (Å²) in [6.45, 7) is -0.589. The number of nitrogens with one attached hydrogen (secondary N) is 1. The molecule has 0 aliphatic rings. The highest BCUT2D eigenvalue weighted by Gasteiger charge is 2.34. The molecule has 28 heavy (non-hydrogen) atoms. The van der Waals surface area contributed by atoms with Crippen LogP contribution in [0.2, 0.25) is 5.02 Å². The van der Waals surface area contributed by atoms with Crippen molar-refractivity contribution in [2.45, 2.75) is 12.6 Å². The number of rotatable bonds is 7. The summed E-state index contributed by atoms with van der Waals surface area (Å²) < 4.78 is 64.2. The normalized spacial score (nSPS) is 12.2. The molecule has 0 unspecified atom stereocenters. The molecule has 0 aliphatic heterocycles. The third-order valence-electron chi connectivity index (χ3n) is 3.84. The summed E-state index contributed by atoms with van der Waals surface area (Å²) in [7, 11) is -3.74. The average molecular weight is 435 g/mol. The van der Waals surface area contributed by atoms with Gasteiger partial charge in [0.1, 0.15) is 0 Å². The van der Waals surface area contributed by atoms with Crippen molar-refractivity contribution in [2.24, 2.45) is 0 Å². The lowest BCUT2D eigenvalue weighted by atomic mass is 10.1. The number of anilines is 1. The first-order valence-corrected chi connectivity index (χ1v) is 10.3. The van der Waals surface area contributed by atoms with Crippen molar-refractivity contribution in [3.63, 3.8) is 0 Å². The molecule has 10 heteroatoms. The maximum Gasteiger partial charge on any atom is 0.418 e. The van der Waals surface area contributed by atoms with Gasteiger partial charge in [-0.25, -0.2) is 8.42 Å². The summed E-state index contributed by atoms with van der Waals surface area (Å²) in [6.07, 6.45) is -3.43. The Labute approximate surface area is 166 Å². The summed E-state index contributed by atoms with van der Waals surface area (Å²) >= 11 is 5.60. The van der Waals surface area contributed by atoms with E-state index < -0.39 is 39.9 Å². The van der Waals surface area contributed by atoms with Crippen LogP contribution in [0.3, 0.4) is 0 Å². The number of sulfonamides is 1. The molecule has 2 rings (SSSR count). The van der Waals surface area contributed by atoms with E-state index in [4.69, 9.17) is 11.6 Å². The highest BCUT2D eigenvalue weighted by atomic mass is 35.5. The predicted molar refractivity (Wildman–Crippen MR) is 102 cm³/mol. The van der Waals surface area contributed by atoms with Crippen LogP contribution in [0, 0.1) is 0 Å². The van der Waals surface area contributed by atoms with Gasteiger partial charge in [-0.15, -0.1) is 0 Å². The van der Waals surface area contributed by atoms with E-state index in [1.54, 1.807) is 12.1 Å². The number of alkyl halides is 3. The van der Waals surface area contributed by atoms with Crippen molar-refractivity contribution in [2.75, 3.05) is 24.7 Å². The molecule has 1 N–H and O–H groups in total. The van der Waals surface area contributed by atoms with Gasteiger partial charge in [0, 0.05) is 11.6 Å². The molecule has 0 heterocycles. The second kappa shape index (κ2) is 8.93. The lowest BCUT2D eigenvalue weighted by Crippen LogP contribution is -2.38. The Bertz CT molecular complexity index is 935. The molecule has 1 amide bonds. The van der Waals surface area contributed by atoms with Crippen LogP contribution in [0.15, 0.2) is 48.5 Å². The number of halogens is 4. The van der Waals surface area contributed by atoms with Crippen molar-refractivity contribution in [3.8, 4) is 0 Å². The fourth-order valence-electron chi connectivity index (χ4n) is 2.47. The van der Waals surface area contributed by atoms with E-state index in [2.05, 4.69) is 5.32 Å². The average Bonchev–Trinajstić information content (AvgIpc) is 2.59. The molecule has 152 valence electrons. The van der Waals surface area contributed by atoms with E-state index in [1.807, 2.05) is 18.2 Å². The molecule has 5 nitrogen and oxygen atoms in total. The van der Waals surface area contributed by atoms with E-state index in [1.165, 1.54) is 6.07 Å². The molecule has 0 aromatic heterocycles. The molecular formula is C18H18ClF3N2O3S. The first kappa shape index (κ1) is 22.2.